The number of carbonyl (C=O) groups excluding carboxylic acids is 1. The van der Waals surface area contributed by atoms with E-state index < -0.39 is 5.60 Å². The van der Waals surface area contributed by atoms with Crippen LogP contribution in [0.25, 0.3) is 0 Å². The van der Waals surface area contributed by atoms with E-state index in [2.05, 4.69) is 5.32 Å². The Labute approximate surface area is 124 Å². The molecule has 2 atom stereocenters. The minimum Gasteiger partial charge on any atom is -0.397 e. The average molecular weight is 293 g/mol. The molecule has 21 heavy (non-hydrogen) atoms. The van der Waals surface area contributed by atoms with Gasteiger partial charge in [-0.25, -0.2) is 0 Å². The molecule has 1 amide bonds. The van der Waals surface area contributed by atoms with Crippen LogP contribution >= 0.6 is 0 Å². The van der Waals surface area contributed by atoms with Gasteiger partial charge in [-0.3, -0.25) is 4.79 Å². The summed E-state index contributed by atoms with van der Waals surface area (Å²) in [5.41, 5.74) is 6.76. The molecule has 2 rings (SSSR count). The van der Waals surface area contributed by atoms with Gasteiger partial charge >= 0.3 is 0 Å². The summed E-state index contributed by atoms with van der Waals surface area (Å²) in [7, 11) is 3.40. The molecule has 1 aliphatic rings. The molecule has 1 aromatic carbocycles. The van der Waals surface area contributed by atoms with E-state index in [1.807, 2.05) is 6.92 Å². The molecule has 1 fully saturated rings. The van der Waals surface area contributed by atoms with Crippen molar-refractivity contribution in [2.45, 2.75) is 25.0 Å². The number of benzene rings is 1. The molecule has 0 bridgehead atoms. The van der Waals surface area contributed by atoms with Gasteiger partial charge < -0.3 is 25.8 Å². The van der Waals surface area contributed by atoms with Gasteiger partial charge in [0.25, 0.3) is 5.91 Å². The number of nitrogens with two attached hydrogens (primary N) is 1. The van der Waals surface area contributed by atoms with Crippen LogP contribution in [0.1, 0.15) is 23.7 Å². The van der Waals surface area contributed by atoms with Crippen molar-refractivity contribution >= 4 is 17.3 Å². The van der Waals surface area contributed by atoms with Gasteiger partial charge in [-0.2, -0.15) is 0 Å². The largest absolute Gasteiger partial charge is 0.397 e. The van der Waals surface area contributed by atoms with Crippen LogP contribution in [-0.2, 0) is 4.74 Å². The minimum absolute atomic E-state index is 0.0886. The SMILES string of the molecule is CC1OCCC1(O)CNc1cc(C(=O)N(C)C)ccc1N. The highest BCUT2D eigenvalue weighted by molar-refractivity contribution is 5.95. The van der Waals surface area contributed by atoms with Crippen molar-refractivity contribution in [3.63, 3.8) is 0 Å². The quantitative estimate of drug-likeness (QED) is 0.719. The van der Waals surface area contributed by atoms with E-state index in [1.54, 1.807) is 32.3 Å². The van der Waals surface area contributed by atoms with Crippen LogP contribution in [-0.4, -0.2) is 54.9 Å². The van der Waals surface area contributed by atoms with E-state index in [4.69, 9.17) is 10.5 Å². The number of nitrogens with zero attached hydrogens (tertiary/aromatic N) is 1. The predicted octanol–water partition coefficient (Wildman–Crippen LogP) is 0.922. The van der Waals surface area contributed by atoms with Crippen molar-refractivity contribution in [3.8, 4) is 0 Å². The molecule has 0 radical (unpaired) electrons. The minimum atomic E-state index is -0.909. The molecule has 0 saturated carbocycles. The Kier molecular flexibility index (Phi) is 4.39. The molecular weight excluding hydrogens is 270 g/mol. The number of hydrogen-bond donors (Lipinski definition) is 3. The number of nitrogen functional groups attached to an aromatic ring is 1. The molecule has 1 saturated heterocycles. The van der Waals surface area contributed by atoms with Gasteiger partial charge in [-0.15, -0.1) is 0 Å². The topological polar surface area (TPSA) is 87.8 Å². The first kappa shape index (κ1) is 15.6. The molecule has 6 nitrogen and oxygen atoms in total. The van der Waals surface area contributed by atoms with E-state index in [0.717, 1.165) is 0 Å². The predicted molar refractivity (Wildman–Crippen MR) is 82.3 cm³/mol. The second kappa shape index (κ2) is 5.91. The maximum atomic E-state index is 12.0. The van der Waals surface area contributed by atoms with Crippen molar-refractivity contribution in [1.82, 2.24) is 4.90 Å². The summed E-state index contributed by atoms with van der Waals surface area (Å²) in [4.78, 5) is 13.5. The first-order valence-electron chi connectivity index (χ1n) is 7.02. The van der Waals surface area contributed by atoms with Crippen molar-refractivity contribution in [2.24, 2.45) is 0 Å². The standard InChI is InChI=1S/C15H23N3O3/c1-10-15(20,6-7-21-10)9-17-13-8-11(4-5-12(13)16)14(19)18(2)3/h4-5,8,10,17,20H,6-7,9,16H2,1-3H3. The number of carbonyl (C=O) groups is 1. The van der Waals surface area contributed by atoms with Gasteiger partial charge in [0.1, 0.15) is 5.60 Å². The first-order valence-corrected chi connectivity index (χ1v) is 7.02. The number of ether oxygens (including phenoxy) is 1. The van der Waals surface area contributed by atoms with Crippen LogP contribution in [0.5, 0.6) is 0 Å². The van der Waals surface area contributed by atoms with Crippen LogP contribution in [0.15, 0.2) is 18.2 Å². The Morgan fingerprint density at radius 1 is 1.57 bits per heavy atom. The zero-order valence-corrected chi connectivity index (χ0v) is 12.7. The van der Waals surface area contributed by atoms with Crippen LogP contribution in [0, 0.1) is 0 Å². The highest BCUT2D eigenvalue weighted by Gasteiger charge is 2.39. The Bertz CT molecular complexity index is 533. The van der Waals surface area contributed by atoms with Gasteiger partial charge in [0, 0.05) is 39.2 Å². The summed E-state index contributed by atoms with van der Waals surface area (Å²) in [6.07, 6.45) is 0.356. The van der Waals surface area contributed by atoms with Crippen molar-refractivity contribution in [1.29, 1.82) is 0 Å². The molecule has 6 heteroatoms. The molecule has 0 aromatic heterocycles. The third-order valence-electron chi connectivity index (χ3n) is 3.95. The third-order valence-corrected chi connectivity index (χ3v) is 3.95. The summed E-state index contributed by atoms with van der Waals surface area (Å²) in [6.45, 7) is 2.73. The lowest BCUT2D eigenvalue weighted by molar-refractivity contribution is -0.0175. The zero-order chi connectivity index (χ0) is 15.6. The van der Waals surface area contributed by atoms with E-state index in [-0.39, 0.29) is 12.0 Å². The Hall–Kier alpha value is -1.79. The maximum Gasteiger partial charge on any atom is 0.253 e. The number of nitrogens with one attached hydrogen (secondary N) is 1. The fraction of sp³-hybridized carbons (Fsp3) is 0.533. The lowest BCUT2D eigenvalue weighted by atomic mass is 9.96. The molecule has 1 heterocycles. The summed E-state index contributed by atoms with van der Waals surface area (Å²) in [5, 5.41) is 13.6. The van der Waals surface area contributed by atoms with E-state index in [9.17, 15) is 9.90 Å². The fourth-order valence-electron chi connectivity index (χ4n) is 2.35. The van der Waals surface area contributed by atoms with Crippen LogP contribution < -0.4 is 11.1 Å². The smallest absolute Gasteiger partial charge is 0.253 e. The van der Waals surface area contributed by atoms with Crippen LogP contribution in [0.2, 0.25) is 0 Å². The van der Waals surface area contributed by atoms with Crippen molar-refractivity contribution in [2.75, 3.05) is 38.3 Å². The maximum absolute atomic E-state index is 12.0. The Balaban J connectivity index is 2.13. The highest BCUT2D eigenvalue weighted by atomic mass is 16.5. The van der Waals surface area contributed by atoms with Gasteiger partial charge in [0.15, 0.2) is 0 Å². The van der Waals surface area contributed by atoms with Crippen LogP contribution in [0.4, 0.5) is 11.4 Å². The van der Waals surface area contributed by atoms with Crippen LogP contribution in [0.3, 0.4) is 0 Å². The Morgan fingerprint density at radius 3 is 2.86 bits per heavy atom. The van der Waals surface area contributed by atoms with Gasteiger partial charge in [-0.1, -0.05) is 0 Å². The van der Waals surface area contributed by atoms with Crippen molar-refractivity contribution in [3.05, 3.63) is 23.8 Å². The monoisotopic (exact) mass is 293 g/mol. The summed E-state index contributed by atoms with van der Waals surface area (Å²) in [6, 6.07) is 5.10. The molecule has 1 aromatic rings. The number of hydrogen-bond acceptors (Lipinski definition) is 5. The number of amides is 1. The first-order chi connectivity index (χ1) is 9.83. The summed E-state index contributed by atoms with van der Waals surface area (Å²) < 4.78 is 5.40. The second-order valence-electron chi connectivity index (χ2n) is 5.72. The molecular formula is C15H23N3O3. The van der Waals surface area contributed by atoms with Gasteiger partial charge in [0.05, 0.1) is 17.5 Å². The number of aliphatic hydroxyl groups is 1. The number of anilines is 2. The second-order valence-corrected chi connectivity index (χ2v) is 5.72. The molecule has 2 unspecified atom stereocenters. The van der Waals surface area contributed by atoms with Gasteiger partial charge in [-0.05, 0) is 25.1 Å². The van der Waals surface area contributed by atoms with Crippen molar-refractivity contribution < 1.29 is 14.6 Å². The fourth-order valence-corrected chi connectivity index (χ4v) is 2.35. The third kappa shape index (κ3) is 3.28. The molecule has 116 valence electrons. The highest BCUT2D eigenvalue weighted by Crippen LogP contribution is 2.28. The summed E-state index contributed by atoms with van der Waals surface area (Å²) >= 11 is 0. The van der Waals surface area contributed by atoms with E-state index in [0.29, 0.717) is 36.5 Å². The van der Waals surface area contributed by atoms with E-state index >= 15 is 0 Å². The van der Waals surface area contributed by atoms with E-state index in [1.165, 1.54) is 4.90 Å². The Morgan fingerprint density at radius 2 is 2.29 bits per heavy atom. The zero-order valence-electron chi connectivity index (χ0n) is 12.7. The molecule has 4 N–H and O–H groups in total. The lowest BCUT2D eigenvalue weighted by Gasteiger charge is -2.27. The summed E-state index contributed by atoms with van der Waals surface area (Å²) in [5.74, 6) is -0.0886. The number of rotatable bonds is 4. The molecule has 1 aliphatic heterocycles. The molecule has 0 aliphatic carbocycles. The average Bonchev–Trinajstić information content (AvgIpc) is 2.77. The molecule has 0 spiro atoms. The normalized spacial score (nSPS) is 24.9. The van der Waals surface area contributed by atoms with Gasteiger partial charge in [0.2, 0.25) is 0 Å². The lowest BCUT2D eigenvalue weighted by Crippen LogP contribution is -2.43.